The number of nitrogens with one attached hydrogen (secondary N) is 1. The average Bonchev–Trinajstić information content (AvgIpc) is 3.50. The summed E-state index contributed by atoms with van der Waals surface area (Å²) in [6, 6.07) is 16.1. The van der Waals surface area contributed by atoms with E-state index in [1.165, 1.54) is 5.57 Å². The molecule has 7 heteroatoms. The Bertz CT molecular complexity index is 1150. The molecule has 0 spiro atoms. The van der Waals surface area contributed by atoms with Gasteiger partial charge >= 0.3 is 0 Å². The molecule has 0 bridgehead atoms. The summed E-state index contributed by atoms with van der Waals surface area (Å²) in [6.45, 7) is 12.4. The van der Waals surface area contributed by atoms with Gasteiger partial charge in [0, 0.05) is 56.9 Å². The molecule has 0 aliphatic carbocycles. The van der Waals surface area contributed by atoms with Gasteiger partial charge in [0.15, 0.2) is 0 Å². The van der Waals surface area contributed by atoms with E-state index in [1.807, 2.05) is 62.1 Å². The van der Waals surface area contributed by atoms with Crippen molar-refractivity contribution in [1.29, 1.82) is 0 Å². The summed E-state index contributed by atoms with van der Waals surface area (Å²) in [5.74, 6) is 0.562. The highest BCUT2D eigenvalue weighted by atomic mass is 16.5. The summed E-state index contributed by atoms with van der Waals surface area (Å²) < 4.78 is 5.45. The maximum atomic E-state index is 13.3. The number of aryl methyl sites for hydroxylation is 2. The molecule has 38 heavy (non-hydrogen) atoms. The van der Waals surface area contributed by atoms with Gasteiger partial charge in [0.05, 0.1) is 25.3 Å². The van der Waals surface area contributed by atoms with Crippen LogP contribution in [0, 0.1) is 19.8 Å². The summed E-state index contributed by atoms with van der Waals surface area (Å²) in [4.78, 5) is 33.0. The zero-order valence-electron chi connectivity index (χ0n) is 22.9. The maximum absolute atomic E-state index is 13.3. The number of likely N-dealkylation sites (tertiary alicyclic amines) is 1. The second-order valence-electron chi connectivity index (χ2n) is 10.9. The average molecular weight is 517 g/mol. The number of rotatable bonds is 8. The lowest BCUT2D eigenvalue weighted by atomic mass is 10.0. The van der Waals surface area contributed by atoms with Crippen molar-refractivity contribution in [3.05, 3.63) is 82.6 Å². The molecule has 0 aromatic heterocycles. The van der Waals surface area contributed by atoms with E-state index in [9.17, 15) is 9.59 Å². The summed E-state index contributed by atoms with van der Waals surface area (Å²) in [7, 11) is 0. The number of morpholine rings is 1. The normalized spacial score (nSPS) is 21.6. The molecular weight excluding hydrogens is 476 g/mol. The molecule has 2 unspecified atom stereocenters. The Kier molecular flexibility index (Phi) is 8.27. The van der Waals surface area contributed by atoms with E-state index in [1.54, 1.807) is 0 Å². The fraction of sp³-hybridized carbons (Fsp3) is 0.484. The lowest BCUT2D eigenvalue weighted by Crippen LogP contribution is -2.50. The van der Waals surface area contributed by atoms with Crippen LogP contribution in [0.4, 0.5) is 0 Å². The van der Waals surface area contributed by atoms with Crippen LogP contribution >= 0.6 is 0 Å². The summed E-state index contributed by atoms with van der Waals surface area (Å²) in [5, 5.41) is 3.34. The van der Waals surface area contributed by atoms with Crippen LogP contribution in [0.2, 0.25) is 0 Å². The minimum atomic E-state index is -0.179. The highest BCUT2D eigenvalue weighted by Crippen LogP contribution is 2.32. The first-order chi connectivity index (χ1) is 18.4. The first kappa shape index (κ1) is 26.6. The predicted molar refractivity (Wildman–Crippen MR) is 149 cm³/mol. The van der Waals surface area contributed by atoms with Crippen LogP contribution < -0.4 is 5.32 Å². The van der Waals surface area contributed by atoms with Crippen LogP contribution in [0.5, 0.6) is 0 Å². The second-order valence-corrected chi connectivity index (χ2v) is 10.9. The largest absolute Gasteiger partial charge is 0.379 e. The SMILES string of the molecule is Cc1cccc(C)c1C(=O)N1C=C2CN(CC[C@H](NC(=O)C(C)N3CCOCC3)c3ccccc3)CC2C1. The molecular formula is C31H40N4O3. The van der Waals surface area contributed by atoms with Crippen molar-refractivity contribution in [3.63, 3.8) is 0 Å². The topological polar surface area (TPSA) is 65.1 Å². The highest BCUT2D eigenvalue weighted by molar-refractivity contribution is 5.98. The first-order valence-corrected chi connectivity index (χ1v) is 13.9. The third-order valence-electron chi connectivity index (χ3n) is 8.33. The number of nitrogens with zero attached hydrogens (tertiary/aromatic N) is 3. The van der Waals surface area contributed by atoms with E-state index in [-0.39, 0.29) is 23.9 Å². The molecule has 3 atom stereocenters. The smallest absolute Gasteiger partial charge is 0.258 e. The molecule has 2 saturated heterocycles. The molecule has 202 valence electrons. The van der Waals surface area contributed by atoms with Gasteiger partial charge in [-0.3, -0.25) is 19.4 Å². The van der Waals surface area contributed by atoms with E-state index in [4.69, 9.17) is 4.74 Å². The van der Waals surface area contributed by atoms with Gasteiger partial charge in [0.25, 0.3) is 5.91 Å². The standard InChI is InChI=1S/C31H40N4O3/c1-22-8-7-9-23(2)29(22)31(37)35-20-26-18-33(19-27(26)21-35)13-12-28(25-10-5-4-6-11-25)32-30(36)24(3)34-14-16-38-17-15-34/h4-11,20,24,27-28H,12-19,21H2,1-3H3,(H,32,36)/t24?,27?,28-/m0/s1. The zero-order chi connectivity index (χ0) is 26.6. The van der Waals surface area contributed by atoms with Crippen LogP contribution in [0.1, 0.15) is 46.4 Å². The third-order valence-corrected chi connectivity index (χ3v) is 8.33. The summed E-state index contributed by atoms with van der Waals surface area (Å²) >= 11 is 0. The fourth-order valence-corrected chi connectivity index (χ4v) is 6.04. The lowest BCUT2D eigenvalue weighted by Gasteiger charge is -2.32. The Balaban J connectivity index is 1.20. The molecule has 0 radical (unpaired) electrons. The van der Waals surface area contributed by atoms with Crippen molar-refractivity contribution >= 4 is 11.8 Å². The Hall–Kier alpha value is -3.00. The van der Waals surface area contributed by atoms with E-state index >= 15 is 0 Å². The summed E-state index contributed by atoms with van der Waals surface area (Å²) in [6.07, 6.45) is 2.93. The molecule has 3 aliphatic heterocycles. The first-order valence-electron chi connectivity index (χ1n) is 13.9. The molecule has 2 aromatic rings. The number of hydrogen-bond donors (Lipinski definition) is 1. The quantitative estimate of drug-likeness (QED) is 0.582. The molecule has 7 nitrogen and oxygen atoms in total. The third kappa shape index (κ3) is 5.85. The minimum Gasteiger partial charge on any atom is -0.379 e. The number of hydrogen-bond acceptors (Lipinski definition) is 5. The molecule has 0 saturated carbocycles. The number of ether oxygens (including phenoxy) is 1. The number of carbonyl (C=O) groups is 2. The van der Waals surface area contributed by atoms with Crippen LogP contribution in [-0.4, -0.2) is 85.0 Å². The van der Waals surface area contributed by atoms with Crippen molar-refractivity contribution in [1.82, 2.24) is 20.0 Å². The van der Waals surface area contributed by atoms with Crippen LogP contribution in [-0.2, 0) is 9.53 Å². The van der Waals surface area contributed by atoms with Gasteiger partial charge in [-0.2, -0.15) is 0 Å². The van der Waals surface area contributed by atoms with Crippen LogP contribution in [0.3, 0.4) is 0 Å². The number of amides is 2. The van der Waals surface area contributed by atoms with Crippen molar-refractivity contribution in [3.8, 4) is 0 Å². The monoisotopic (exact) mass is 516 g/mol. The predicted octanol–water partition coefficient (Wildman–Crippen LogP) is 3.54. The molecule has 1 N–H and O–H groups in total. The van der Waals surface area contributed by atoms with Gasteiger partial charge in [-0.25, -0.2) is 0 Å². The van der Waals surface area contributed by atoms with Crippen LogP contribution in [0.15, 0.2) is 60.3 Å². The van der Waals surface area contributed by atoms with Crippen molar-refractivity contribution < 1.29 is 14.3 Å². The zero-order valence-corrected chi connectivity index (χ0v) is 22.9. The Morgan fingerprint density at radius 3 is 2.39 bits per heavy atom. The Labute approximate surface area is 226 Å². The molecule has 5 rings (SSSR count). The Morgan fingerprint density at radius 2 is 1.71 bits per heavy atom. The van der Waals surface area contributed by atoms with Gasteiger partial charge in [0.2, 0.25) is 5.91 Å². The van der Waals surface area contributed by atoms with Gasteiger partial charge in [0.1, 0.15) is 0 Å². The van der Waals surface area contributed by atoms with Gasteiger partial charge < -0.3 is 15.0 Å². The lowest BCUT2D eigenvalue weighted by molar-refractivity contribution is -0.128. The minimum absolute atomic E-state index is 0.0382. The fourth-order valence-electron chi connectivity index (χ4n) is 6.04. The van der Waals surface area contributed by atoms with Crippen molar-refractivity contribution in [2.24, 2.45) is 5.92 Å². The van der Waals surface area contributed by atoms with E-state index in [0.717, 1.165) is 67.9 Å². The van der Waals surface area contributed by atoms with Crippen molar-refractivity contribution in [2.45, 2.75) is 39.3 Å². The van der Waals surface area contributed by atoms with Gasteiger partial charge in [-0.15, -0.1) is 0 Å². The van der Waals surface area contributed by atoms with Crippen molar-refractivity contribution in [2.75, 3.05) is 52.5 Å². The molecule has 2 amide bonds. The van der Waals surface area contributed by atoms with Gasteiger partial charge in [-0.1, -0.05) is 48.5 Å². The highest BCUT2D eigenvalue weighted by Gasteiger charge is 2.36. The van der Waals surface area contributed by atoms with E-state index < -0.39 is 0 Å². The number of fused-ring (bicyclic) bond motifs is 1. The van der Waals surface area contributed by atoms with Crippen LogP contribution in [0.25, 0.3) is 0 Å². The summed E-state index contributed by atoms with van der Waals surface area (Å²) in [5.41, 5.74) is 5.37. The molecule has 3 aliphatic rings. The Morgan fingerprint density at radius 1 is 1.00 bits per heavy atom. The maximum Gasteiger partial charge on any atom is 0.258 e. The van der Waals surface area contributed by atoms with E-state index in [2.05, 4.69) is 33.4 Å². The second kappa shape index (κ2) is 11.8. The van der Waals surface area contributed by atoms with Gasteiger partial charge in [-0.05, 0) is 49.5 Å². The molecule has 2 aromatic carbocycles. The number of carbonyl (C=O) groups excluding carboxylic acids is 2. The molecule has 2 fully saturated rings. The number of benzene rings is 2. The molecule has 3 heterocycles. The van der Waals surface area contributed by atoms with E-state index in [0.29, 0.717) is 19.1 Å².